The van der Waals surface area contributed by atoms with Crippen LogP contribution in [0.5, 0.6) is 0 Å². The summed E-state index contributed by atoms with van der Waals surface area (Å²) in [5.41, 5.74) is 3.44. The molecule has 8 heteroatoms. The number of anilines is 1. The quantitative estimate of drug-likeness (QED) is 0.197. The van der Waals surface area contributed by atoms with Gasteiger partial charge in [0.25, 0.3) is 5.91 Å². The van der Waals surface area contributed by atoms with Gasteiger partial charge in [0.1, 0.15) is 0 Å². The zero-order valence-corrected chi connectivity index (χ0v) is 20.9. The maximum absolute atomic E-state index is 13.2. The molecule has 1 fully saturated rings. The molecule has 3 aromatic carbocycles. The van der Waals surface area contributed by atoms with Crippen LogP contribution < -0.4 is 4.90 Å². The summed E-state index contributed by atoms with van der Waals surface area (Å²) in [6.07, 6.45) is 3.90. The molecule has 0 N–H and O–H groups in total. The van der Waals surface area contributed by atoms with Crippen molar-refractivity contribution in [3.05, 3.63) is 104 Å². The number of fused-ring (bicyclic) bond motifs is 1. The largest absolute Gasteiger partial charge is 0.342 e. The molecule has 1 amide bonds. The maximum Gasteiger partial charge on any atom is 0.270 e. The van der Waals surface area contributed by atoms with Crippen molar-refractivity contribution in [2.45, 2.75) is 6.54 Å². The highest BCUT2D eigenvalue weighted by atomic mass is 35.5. The molecule has 1 aliphatic heterocycles. The molecule has 5 rings (SSSR count). The Morgan fingerprint density at radius 3 is 2.42 bits per heavy atom. The number of nitrogens with zero attached hydrogens (tertiary/aromatic N) is 2. The number of hydrogen-bond donors (Lipinski definition) is 0. The van der Waals surface area contributed by atoms with Crippen molar-refractivity contribution in [2.75, 3.05) is 4.90 Å². The van der Waals surface area contributed by atoms with Crippen molar-refractivity contribution in [3.63, 3.8) is 0 Å². The Balaban J connectivity index is 1.55. The van der Waals surface area contributed by atoms with E-state index in [1.165, 1.54) is 16.7 Å². The molecule has 0 saturated carbocycles. The predicted octanol–water partition coefficient (Wildman–Crippen LogP) is 8.06. The Bertz CT molecular complexity index is 1440. The summed E-state index contributed by atoms with van der Waals surface area (Å²) in [6, 6.07) is 20.6. The first-order valence-corrected chi connectivity index (χ1v) is 12.3. The minimum absolute atomic E-state index is 0.168. The highest BCUT2D eigenvalue weighted by Crippen LogP contribution is 2.38. The minimum atomic E-state index is -0.168. The highest BCUT2D eigenvalue weighted by molar-refractivity contribution is 8.27. The van der Waals surface area contributed by atoms with Crippen molar-refractivity contribution < 1.29 is 4.79 Å². The number of carbonyl (C=O) groups is 1. The van der Waals surface area contributed by atoms with E-state index in [2.05, 4.69) is 4.57 Å². The Hall–Kier alpha value is -2.28. The fourth-order valence-corrected chi connectivity index (χ4v) is 5.81. The number of amides is 1. The molecule has 0 bridgehead atoms. The predicted molar refractivity (Wildman–Crippen MR) is 145 cm³/mol. The van der Waals surface area contributed by atoms with Gasteiger partial charge in [-0.3, -0.25) is 9.69 Å². The van der Waals surface area contributed by atoms with Crippen molar-refractivity contribution in [3.8, 4) is 0 Å². The van der Waals surface area contributed by atoms with E-state index in [-0.39, 0.29) is 5.91 Å². The lowest BCUT2D eigenvalue weighted by atomic mass is 10.1. The van der Waals surface area contributed by atoms with Crippen LogP contribution in [0, 0.1) is 0 Å². The second kappa shape index (κ2) is 9.16. The van der Waals surface area contributed by atoms with Crippen molar-refractivity contribution in [1.29, 1.82) is 0 Å². The number of carbonyl (C=O) groups excluding carboxylic acids is 1. The summed E-state index contributed by atoms with van der Waals surface area (Å²) in [6.45, 7) is 0.510. The van der Waals surface area contributed by atoms with Gasteiger partial charge in [0, 0.05) is 43.3 Å². The molecule has 0 radical (unpaired) electrons. The molecule has 0 aliphatic carbocycles. The average Bonchev–Trinajstić information content (AvgIpc) is 3.27. The van der Waals surface area contributed by atoms with Gasteiger partial charge in [0.05, 0.1) is 17.1 Å². The summed E-state index contributed by atoms with van der Waals surface area (Å²) in [5, 5.41) is 2.80. The molecule has 1 aromatic heterocycles. The average molecular weight is 530 g/mol. The van der Waals surface area contributed by atoms with E-state index in [0.717, 1.165) is 22.0 Å². The molecule has 1 saturated heterocycles. The number of para-hydroxylation sites is 1. The van der Waals surface area contributed by atoms with Gasteiger partial charge >= 0.3 is 0 Å². The fourth-order valence-electron chi connectivity index (χ4n) is 3.82. The van der Waals surface area contributed by atoms with Gasteiger partial charge in [0.2, 0.25) is 0 Å². The number of halogens is 3. The lowest BCUT2D eigenvalue weighted by molar-refractivity contribution is -0.113. The van der Waals surface area contributed by atoms with E-state index in [1.807, 2.05) is 60.8 Å². The van der Waals surface area contributed by atoms with E-state index < -0.39 is 0 Å². The molecule has 0 atom stereocenters. The first-order valence-electron chi connectivity index (χ1n) is 9.96. The van der Waals surface area contributed by atoms with Crippen LogP contribution in [0.25, 0.3) is 17.0 Å². The summed E-state index contributed by atoms with van der Waals surface area (Å²) in [7, 11) is 0. The van der Waals surface area contributed by atoms with Gasteiger partial charge in [-0.05, 0) is 42.5 Å². The maximum atomic E-state index is 13.2. The molecule has 0 spiro atoms. The van der Waals surface area contributed by atoms with Gasteiger partial charge in [-0.1, -0.05) is 89.1 Å². The standard InChI is InChI=1S/C25H15Cl3N2OS2/c26-16-5-3-6-17(12-16)30-24(31)23(33-25(30)32)11-15-13-29(22-10-2-1-7-18(15)22)14-19-20(27)8-4-9-21(19)28/h1-13H,14H2/b23-11+. The normalized spacial score (nSPS) is 15.2. The van der Waals surface area contributed by atoms with E-state index in [0.29, 0.717) is 36.5 Å². The van der Waals surface area contributed by atoms with Gasteiger partial charge in [0.15, 0.2) is 4.32 Å². The minimum Gasteiger partial charge on any atom is -0.342 e. The van der Waals surface area contributed by atoms with Crippen molar-refractivity contribution in [2.24, 2.45) is 0 Å². The smallest absolute Gasteiger partial charge is 0.270 e. The monoisotopic (exact) mass is 528 g/mol. The molecule has 0 unspecified atom stereocenters. The zero-order chi connectivity index (χ0) is 23.1. The molecular weight excluding hydrogens is 515 g/mol. The zero-order valence-electron chi connectivity index (χ0n) is 17.0. The van der Waals surface area contributed by atoms with Gasteiger partial charge < -0.3 is 4.57 Å². The van der Waals surface area contributed by atoms with E-state index in [9.17, 15) is 4.79 Å². The number of hydrogen-bond acceptors (Lipinski definition) is 3. The van der Waals surface area contributed by atoms with E-state index in [4.69, 9.17) is 47.0 Å². The van der Waals surface area contributed by atoms with Crippen LogP contribution in [-0.4, -0.2) is 14.8 Å². The molecule has 2 heterocycles. The summed E-state index contributed by atoms with van der Waals surface area (Å²) >= 11 is 25.7. The molecule has 3 nitrogen and oxygen atoms in total. The van der Waals surface area contributed by atoms with Crippen LogP contribution in [-0.2, 0) is 11.3 Å². The topological polar surface area (TPSA) is 25.2 Å². The third-order valence-electron chi connectivity index (χ3n) is 5.36. The Labute approximate surface area is 215 Å². The van der Waals surface area contributed by atoms with E-state index in [1.54, 1.807) is 18.2 Å². The first kappa shape index (κ1) is 22.5. The van der Waals surface area contributed by atoms with Crippen LogP contribution in [0.15, 0.2) is 77.8 Å². The Kier molecular flexibility index (Phi) is 6.25. The third kappa shape index (κ3) is 4.32. The lowest BCUT2D eigenvalue weighted by Gasteiger charge is -2.14. The number of thiocarbonyl (C=S) groups is 1. The number of thioether (sulfide) groups is 1. The molecule has 164 valence electrons. The molecule has 4 aromatic rings. The highest BCUT2D eigenvalue weighted by Gasteiger charge is 2.33. The van der Waals surface area contributed by atoms with Crippen molar-refractivity contribution in [1.82, 2.24) is 4.57 Å². The second-order valence-corrected chi connectivity index (χ2v) is 10.4. The molecule has 1 aliphatic rings. The third-order valence-corrected chi connectivity index (χ3v) is 7.60. The number of aromatic nitrogens is 1. The molecule has 33 heavy (non-hydrogen) atoms. The van der Waals surface area contributed by atoms with Crippen molar-refractivity contribution >= 4 is 91.7 Å². The summed E-state index contributed by atoms with van der Waals surface area (Å²) < 4.78 is 2.56. The lowest BCUT2D eigenvalue weighted by Crippen LogP contribution is -2.27. The summed E-state index contributed by atoms with van der Waals surface area (Å²) in [4.78, 5) is 15.3. The Morgan fingerprint density at radius 1 is 0.939 bits per heavy atom. The van der Waals surface area contributed by atoms with Crippen LogP contribution in [0.1, 0.15) is 11.1 Å². The van der Waals surface area contributed by atoms with Crippen LogP contribution in [0.2, 0.25) is 15.1 Å². The van der Waals surface area contributed by atoms with Crippen LogP contribution >= 0.6 is 58.8 Å². The second-order valence-electron chi connectivity index (χ2n) is 7.43. The summed E-state index contributed by atoms with van der Waals surface area (Å²) in [5.74, 6) is -0.168. The SMILES string of the molecule is O=C1/C(=C\c2cn(Cc3c(Cl)cccc3Cl)c3ccccc23)SC(=S)N1c1cccc(Cl)c1. The van der Waals surface area contributed by atoms with Gasteiger partial charge in [-0.15, -0.1) is 0 Å². The van der Waals surface area contributed by atoms with Crippen LogP contribution in [0.4, 0.5) is 5.69 Å². The Morgan fingerprint density at radius 2 is 1.67 bits per heavy atom. The van der Waals surface area contributed by atoms with Gasteiger partial charge in [-0.2, -0.15) is 0 Å². The number of benzene rings is 3. The van der Waals surface area contributed by atoms with E-state index >= 15 is 0 Å². The molecular formula is C25H15Cl3N2OS2. The first-order chi connectivity index (χ1) is 15.9. The van der Waals surface area contributed by atoms with Gasteiger partial charge in [-0.25, -0.2) is 0 Å². The fraction of sp³-hybridized carbons (Fsp3) is 0.0400. The van der Waals surface area contributed by atoms with Crippen LogP contribution in [0.3, 0.4) is 0 Å². The number of rotatable bonds is 4.